The average molecular weight is 232 g/mol. The molecule has 0 unspecified atom stereocenters. The summed E-state index contributed by atoms with van der Waals surface area (Å²) in [7, 11) is 0. The van der Waals surface area contributed by atoms with Crippen molar-refractivity contribution in [1.82, 2.24) is 0 Å². The number of hydrogen-bond donors (Lipinski definition) is 1. The maximum absolute atomic E-state index is 12.3. The fourth-order valence-electron chi connectivity index (χ4n) is 0.881. The maximum Gasteiger partial charge on any atom is 0.416 e. The number of halogens is 3. The van der Waals surface area contributed by atoms with E-state index in [4.69, 9.17) is 4.74 Å². The molecule has 16 heavy (non-hydrogen) atoms. The van der Waals surface area contributed by atoms with Crippen molar-refractivity contribution in [2.24, 2.45) is 21.4 Å². The molecular weight excluding hydrogens is 225 g/mol. The highest BCUT2D eigenvalue weighted by atomic mass is 19.4. The topological polar surface area (TPSA) is 72.3 Å². The van der Waals surface area contributed by atoms with Crippen molar-refractivity contribution >= 4 is 6.40 Å². The molecule has 0 aromatic heterocycles. The summed E-state index contributed by atoms with van der Waals surface area (Å²) in [6.07, 6.45) is -3.58. The molecule has 0 atom stereocenters. The molecule has 0 saturated heterocycles. The number of hydrogen-bond acceptors (Lipinski definition) is 3. The van der Waals surface area contributed by atoms with E-state index in [2.05, 4.69) is 21.4 Å². The van der Waals surface area contributed by atoms with Crippen LogP contribution in [0.25, 0.3) is 0 Å². The van der Waals surface area contributed by atoms with Gasteiger partial charge in [-0.25, -0.2) is 0 Å². The molecule has 8 heteroatoms. The lowest BCUT2D eigenvalue weighted by molar-refractivity contribution is -0.137. The monoisotopic (exact) mass is 232 g/mol. The Hall–Kier alpha value is -2.12. The van der Waals surface area contributed by atoms with E-state index in [0.717, 1.165) is 18.5 Å². The van der Waals surface area contributed by atoms with Crippen LogP contribution in [0.1, 0.15) is 5.56 Å². The van der Waals surface area contributed by atoms with Crippen molar-refractivity contribution in [2.45, 2.75) is 6.18 Å². The number of rotatable bonds is 3. The lowest BCUT2D eigenvalue weighted by Crippen LogP contribution is -2.04. The number of ether oxygens (including phenoxy) is 1. The van der Waals surface area contributed by atoms with Crippen LogP contribution in [0.15, 0.2) is 39.8 Å². The van der Waals surface area contributed by atoms with Gasteiger partial charge in [0.2, 0.25) is 6.40 Å². The molecule has 1 aromatic carbocycles. The zero-order valence-corrected chi connectivity index (χ0v) is 7.85. The molecule has 86 valence electrons. The van der Waals surface area contributed by atoms with E-state index < -0.39 is 11.7 Å². The molecule has 0 aliphatic heterocycles. The molecule has 1 aromatic rings. The lowest BCUT2D eigenvalue weighted by Gasteiger charge is -2.07. The Balaban J connectivity index is 2.75. The summed E-state index contributed by atoms with van der Waals surface area (Å²) >= 11 is 0. The van der Waals surface area contributed by atoms with Gasteiger partial charge < -0.3 is 10.6 Å². The van der Waals surface area contributed by atoms with Crippen LogP contribution in [0.4, 0.5) is 13.2 Å². The molecule has 0 spiro atoms. The van der Waals surface area contributed by atoms with Crippen molar-refractivity contribution in [3.63, 3.8) is 0 Å². The van der Waals surface area contributed by atoms with Gasteiger partial charge in [0.05, 0.1) is 5.56 Å². The number of nitrogens with zero attached hydrogens (tertiary/aromatic N) is 3. The van der Waals surface area contributed by atoms with Gasteiger partial charge in [0.1, 0.15) is 5.75 Å². The average Bonchev–Trinajstić information content (AvgIpc) is 2.24. The van der Waals surface area contributed by atoms with Gasteiger partial charge in [-0.3, -0.25) is 0 Å². The summed E-state index contributed by atoms with van der Waals surface area (Å²) in [4.78, 5) is 0. The summed E-state index contributed by atoms with van der Waals surface area (Å²) in [6.45, 7) is 0. The molecule has 0 bridgehead atoms. The molecule has 1 rings (SSSR count). The number of benzene rings is 1. The van der Waals surface area contributed by atoms with Crippen LogP contribution in [0.5, 0.6) is 5.75 Å². The minimum absolute atomic E-state index is 0.00852. The van der Waals surface area contributed by atoms with Crippen molar-refractivity contribution in [1.29, 1.82) is 0 Å². The molecule has 0 aliphatic rings. The molecule has 0 amide bonds. The van der Waals surface area contributed by atoms with E-state index in [1.807, 2.05) is 0 Å². The summed E-state index contributed by atoms with van der Waals surface area (Å²) < 4.78 is 41.6. The molecule has 0 aliphatic carbocycles. The minimum atomic E-state index is -4.41. The normalized spacial score (nSPS) is 12.4. The Bertz CT molecular complexity index is 403. The SMILES string of the molecule is NN=N/N=C/Oc1cccc(C(F)(F)F)c1. The zero-order chi connectivity index (χ0) is 12.0. The van der Waals surface area contributed by atoms with Crippen LogP contribution in [0.3, 0.4) is 0 Å². The second-order valence-electron chi connectivity index (χ2n) is 2.57. The zero-order valence-electron chi connectivity index (χ0n) is 7.85. The van der Waals surface area contributed by atoms with Crippen LogP contribution < -0.4 is 10.6 Å². The van der Waals surface area contributed by atoms with E-state index in [9.17, 15) is 13.2 Å². The minimum Gasteiger partial charge on any atom is -0.444 e. The molecule has 0 heterocycles. The highest BCUT2D eigenvalue weighted by Crippen LogP contribution is 2.31. The van der Waals surface area contributed by atoms with Crippen LogP contribution in [-0.4, -0.2) is 6.40 Å². The van der Waals surface area contributed by atoms with Gasteiger partial charge in [-0.15, -0.1) is 0 Å². The van der Waals surface area contributed by atoms with Gasteiger partial charge in [-0.05, 0) is 23.4 Å². The van der Waals surface area contributed by atoms with Crippen molar-refractivity contribution in [2.75, 3.05) is 0 Å². The van der Waals surface area contributed by atoms with E-state index in [1.54, 1.807) is 0 Å². The number of alkyl halides is 3. The van der Waals surface area contributed by atoms with E-state index in [-0.39, 0.29) is 5.75 Å². The highest BCUT2D eigenvalue weighted by molar-refractivity contribution is 5.51. The Morgan fingerprint density at radius 3 is 2.69 bits per heavy atom. The maximum atomic E-state index is 12.3. The van der Waals surface area contributed by atoms with E-state index in [0.29, 0.717) is 0 Å². The Morgan fingerprint density at radius 2 is 2.06 bits per heavy atom. The molecular formula is C8H7F3N4O. The highest BCUT2D eigenvalue weighted by Gasteiger charge is 2.30. The van der Waals surface area contributed by atoms with Crippen molar-refractivity contribution in [3.8, 4) is 5.75 Å². The Morgan fingerprint density at radius 1 is 1.31 bits per heavy atom. The molecule has 0 fully saturated rings. The second-order valence-corrected chi connectivity index (χ2v) is 2.57. The first-order valence-electron chi connectivity index (χ1n) is 3.99. The van der Waals surface area contributed by atoms with Gasteiger partial charge in [0.15, 0.2) is 0 Å². The van der Waals surface area contributed by atoms with Crippen LogP contribution >= 0.6 is 0 Å². The van der Waals surface area contributed by atoms with Gasteiger partial charge in [0.25, 0.3) is 0 Å². The standard InChI is InChI=1S/C8H7F3N4O/c9-8(10,11)6-2-1-3-7(4-6)16-5-13-15-14-12/h1-5H,(H2,12,15)/b13-5+. The summed E-state index contributed by atoms with van der Waals surface area (Å²) in [5, 5.41) is 8.96. The molecule has 2 N–H and O–H groups in total. The van der Waals surface area contributed by atoms with Gasteiger partial charge in [-0.2, -0.15) is 13.2 Å². The second kappa shape index (κ2) is 5.10. The van der Waals surface area contributed by atoms with E-state index in [1.165, 1.54) is 12.1 Å². The number of nitrogens with two attached hydrogens (primary N) is 1. The lowest BCUT2D eigenvalue weighted by atomic mass is 10.2. The van der Waals surface area contributed by atoms with Gasteiger partial charge in [0, 0.05) is 0 Å². The Labute approximate surface area is 88.4 Å². The first-order valence-corrected chi connectivity index (χ1v) is 3.99. The van der Waals surface area contributed by atoms with Crippen molar-refractivity contribution in [3.05, 3.63) is 29.8 Å². The third-order valence-corrected chi connectivity index (χ3v) is 1.50. The van der Waals surface area contributed by atoms with E-state index >= 15 is 0 Å². The van der Waals surface area contributed by atoms with Crippen LogP contribution in [0, 0.1) is 0 Å². The largest absolute Gasteiger partial charge is 0.444 e. The Kier molecular flexibility index (Phi) is 3.81. The summed E-state index contributed by atoms with van der Waals surface area (Å²) in [6, 6.07) is 4.34. The smallest absolute Gasteiger partial charge is 0.416 e. The van der Waals surface area contributed by atoms with Crippen molar-refractivity contribution < 1.29 is 17.9 Å². The van der Waals surface area contributed by atoms with Gasteiger partial charge >= 0.3 is 6.18 Å². The van der Waals surface area contributed by atoms with Crippen LogP contribution in [0.2, 0.25) is 0 Å². The fraction of sp³-hybridized carbons (Fsp3) is 0.125. The first-order chi connectivity index (χ1) is 7.54. The molecule has 0 radical (unpaired) electrons. The predicted octanol–water partition coefficient (Wildman–Crippen LogP) is 2.35. The predicted molar refractivity (Wildman–Crippen MR) is 49.6 cm³/mol. The first kappa shape index (κ1) is 12.0. The summed E-state index contributed by atoms with van der Waals surface area (Å²) in [5.74, 6) is 4.62. The molecule has 5 nitrogen and oxygen atoms in total. The summed E-state index contributed by atoms with van der Waals surface area (Å²) in [5.41, 5.74) is -0.807. The third-order valence-electron chi connectivity index (χ3n) is 1.50. The quantitative estimate of drug-likeness (QED) is 0.285. The molecule has 0 saturated carbocycles. The van der Waals surface area contributed by atoms with Gasteiger partial charge in [-0.1, -0.05) is 16.4 Å². The fourth-order valence-corrected chi connectivity index (χ4v) is 0.881. The van der Waals surface area contributed by atoms with Crippen LogP contribution in [-0.2, 0) is 6.18 Å². The third kappa shape index (κ3) is 3.56.